The van der Waals surface area contributed by atoms with Crippen LogP contribution in [0, 0.1) is 60.7 Å². The summed E-state index contributed by atoms with van der Waals surface area (Å²) in [6.45, 7) is 0. The van der Waals surface area contributed by atoms with E-state index in [2.05, 4.69) is 0 Å². The van der Waals surface area contributed by atoms with E-state index in [1.807, 2.05) is 0 Å². The molecule has 0 atom stereocenters. The molecule has 0 aromatic heterocycles. The van der Waals surface area contributed by atoms with Crippen LogP contribution in [0.4, 0.5) is 0 Å². The molecule has 0 radical (unpaired) electrons. The zero-order chi connectivity index (χ0) is 16.2. The van der Waals surface area contributed by atoms with E-state index >= 15 is 0 Å². The van der Waals surface area contributed by atoms with Gasteiger partial charge in [-0.15, -0.1) is 32.0 Å². The summed E-state index contributed by atoms with van der Waals surface area (Å²) in [5, 5.41) is 54.0. The maximum absolute atomic E-state index is 8.00. The first-order chi connectivity index (χ1) is 8.49. The summed E-state index contributed by atoms with van der Waals surface area (Å²) in [5.41, 5.74) is 0. The van der Waals surface area contributed by atoms with Crippen molar-refractivity contribution in [1.82, 2.24) is 0 Å². The Morgan fingerprint density at radius 1 is 0.368 bits per heavy atom. The van der Waals surface area contributed by atoms with Crippen molar-refractivity contribution in [3.8, 4) is 0 Å². The van der Waals surface area contributed by atoms with Crippen LogP contribution in [0.2, 0.25) is 0 Å². The molecule has 0 aliphatic carbocycles. The van der Waals surface area contributed by atoms with Crippen LogP contribution in [-0.4, -0.2) is 0 Å². The van der Waals surface area contributed by atoms with Crippen LogP contribution in [0.1, 0.15) is 0 Å². The Labute approximate surface area is 114 Å². The molecule has 108 valence electrons. The Morgan fingerprint density at radius 3 is 0.368 bits per heavy atom. The summed E-state index contributed by atoms with van der Waals surface area (Å²) in [5.74, 6) is 0. The first kappa shape index (κ1) is 44.3. The van der Waals surface area contributed by atoms with Crippen LogP contribution < -0.4 is 0 Å². The molecule has 0 unspecified atom stereocenters. The van der Waals surface area contributed by atoms with Crippen molar-refractivity contribution in [2.24, 2.45) is 32.0 Å². The van der Waals surface area contributed by atoms with Gasteiger partial charge in [0.1, 0.15) is 0 Å². The van der Waals surface area contributed by atoms with Gasteiger partial charge in [-0.3, -0.25) is 0 Å². The SMILES string of the molecule is O=N[O-].O=N[O-].O=N[O-].O=N[O-].O=N[O-].O=N[O-].[Mo+6]. The second kappa shape index (κ2) is 314. The Morgan fingerprint density at radius 2 is 0.368 bits per heavy atom. The predicted octanol–water partition coefficient (Wildman–Crippen LogP) is 1.50. The van der Waals surface area contributed by atoms with Crippen LogP contribution in [0.15, 0.2) is 32.0 Å². The van der Waals surface area contributed by atoms with Gasteiger partial charge in [0, 0.05) is 0 Å². The van der Waals surface area contributed by atoms with Gasteiger partial charge in [-0.2, -0.15) is 0 Å². The van der Waals surface area contributed by atoms with E-state index in [1.54, 1.807) is 0 Å². The fourth-order valence-electron chi connectivity index (χ4n) is 0. The summed E-state index contributed by atoms with van der Waals surface area (Å²) in [6, 6.07) is 0. The van der Waals surface area contributed by atoms with E-state index in [0.717, 1.165) is 32.0 Å². The number of hydrogen-bond donors (Lipinski definition) is 0. The second-order valence-corrected chi connectivity index (χ2v) is 0.447. The number of rotatable bonds is 0. The summed E-state index contributed by atoms with van der Waals surface area (Å²) >= 11 is 0. The molecule has 0 aromatic carbocycles. The van der Waals surface area contributed by atoms with Gasteiger partial charge in [0.05, 0.1) is 0 Å². The fraction of sp³-hybridized carbons (Fsp3) is 0. The number of hydrogen-bond acceptors (Lipinski definition) is 18. The third-order valence-electron chi connectivity index (χ3n) is 0. The summed E-state index contributed by atoms with van der Waals surface area (Å²) in [4.78, 5) is 48.0. The Hall–Kier alpha value is -2.91. The molecule has 0 aromatic rings. The molecule has 0 aliphatic rings. The van der Waals surface area contributed by atoms with E-state index < -0.39 is 0 Å². The van der Waals surface area contributed by atoms with Gasteiger partial charge < -0.3 is 60.7 Å². The van der Waals surface area contributed by atoms with Crippen molar-refractivity contribution >= 4 is 0 Å². The Bertz CT molecular complexity index is 114. The molecular weight excluding hydrogens is 372 g/mol. The molecule has 0 rings (SSSR count). The van der Waals surface area contributed by atoms with E-state index in [1.165, 1.54) is 0 Å². The van der Waals surface area contributed by atoms with Crippen LogP contribution in [0.3, 0.4) is 0 Å². The first-order valence-corrected chi connectivity index (χ1v) is 2.19. The van der Waals surface area contributed by atoms with Crippen LogP contribution >= 0.6 is 0 Å². The van der Waals surface area contributed by atoms with Crippen molar-refractivity contribution in [1.29, 1.82) is 0 Å². The maximum Gasteiger partial charge on any atom is 6.00 e. The summed E-state index contributed by atoms with van der Waals surface area (Å²) in [6.07, 6.45) is 0. The largest absolute Gasteiger partial charge is 6.00 e. The molecule has 0 fully saturated rings. The van der Waals surface area contributed by atoms with Crippen molar-refractivity contribution in [2.75, 3.05) is 0 Å². The van der Waals surface area contributed by atoms with E-state index in [9.17, 15) is 0 Å². The molecule has 19 heavy (non-hydrogen) atoms. The molecule has 0 bridgehead atoms. The van der Waals surface area contributed by atoms with Gasteiger partial charge in [-0.1, -0.05) is 0 Å². The maximum atomic E-state index is 8.00. The molecule has 0 saturated heterocycles. The zero-order valence-corrected chi connectivity index (χ0v) is 10.00. The summed E-state index contributed by atoms with van der Waals surface area (Å²) in [7, 11) is 0. The smallest absolute Gasteiger partial charge is 0.444 e. The average molecular weight is 372 g/mol. The second-order valence-electron chi connectivity index (χ2n) is 0.447. The quantitative estimate of drug-likeness (QED) is 0.331. The minimum atomic E-state index is 0. The first-order valence-electron chi connectivity index (χ1n) is 2.19. The van der Waals surface area contributed by atoms with Gasteiger partial charge in [0.15, 0.2) is 0 Å². The molecular formula is MoN6O12. The zero-order valence-electron chi connectivity index (χ0n) is 7.99. The molecule has 19 heteroatoms. The Kier molecular flexibility index (Phi) is 733. The average Bonchev–Trinajstić information content (AvgIpc) is 2.23. The van der Waals surface area contributed by atoms with Gasteiger partial charge >= 0.3 is 21.1 Å². The van der Waals surface area contributed by atoms with Gasteiger partial charge in [0.25, 0.3) is 0 Å². The van der Waals surface area contributed by atoms with Crippen LogP contribution in [0.5, 0.6) is 0 Å². The third kappa shape index (κ3) is 305. The van der Waals surface area contributed by atoms with Crippen molar-refractivity contribution < 1.29 is 21.1 Å². The molecule has 18 nitrogen and oxygen atoms in total. The van der Waals surface area contributed by atoms with Crippen molar-refractivity contribution in [2.45, 2.75) is 0 Å². The molecule has 0 aliphatic heterocycles. The number of nitrogens with zero attached hydrogens (tertiary/aromatic N) is 6. The monoisotopic (exact) mass is 374 g/mol. The third-order valence-corrected chi connectivity index (χ3v) is 0. The topological polar surface area (TPSA) is 315 Å². The molecule has 0 N–H and O–H groups in total. The van der Waals surface area contributed by atoms with E-state index in [0.29, 0.717) is 0 Å². The van der Waals surface area contributed by atoms with Crippen molar-refractivity contribution in [3.63, 3.8) is 0 Å². The van der Waals surface area contributed by atoms with Crippen LogP contribution in [0.25, 0.3) is 0 Å². The minimum absolute atomic E-state index is 0. The molecule has 0 saturated carbocycles. The van der Waals surface area contributed by atoms with Gasteiger partial charge in [0.2, 0.25) is 0 Å². The van der Waals surface area contributed by atoms with Gasteiger partial charge in [-0.05, 0) is 0 Å². The molecule has 0 spiro atoms. The molecule has 0 amide bonds. The predicted molar refractivity (Wildman–Crippen MR) is 55.0 cm³/mol. The normalized spacial score (nSPS) is 3.79. The fourth-order valence-corrected chi connectivity index (χ4v) is 0. The molecule has 0 heterocycles. The van der Waals surface area contributed by atoms with Gasteiger partial charge in [-0.25, -0.2) is 0 Å². The Balaban J connectivity index is -0.0000000180. The van der Waals surface area contributed by atoms with Crippen LogP contribution in [-0.2, 0) is 21.1 Å². The van der Waals surface area contributed by atoms with E-state index in [4.69, 9.17) is 60.7 Å². The standard InChI is InChI=1S/Mo.6HNO2/c;6*2-1-3/h;6*(H,2,3)/q+6;;;;;;/p-6. The van der Waals surface area contributed by atoms with E-state index in [-0.39, 0.29) is 21.1 Å². The van der Waals surface area contributed by atoms with Crippen molar-refractivity contribution in [3.05, 3.63) is 60.7 Å². The minimum Gasteiger partial charge on any atom is -0.444 e. The summed E-state index contributed by atoms with van der Waals surface area (Å²) < 4.78 is 0.